The smallest absolute Gasteiger partial charge is 0.328 e. The molecule has 1 amide bonds. The summed E-state index contributed by atoms with van der Waals surface area (Å²) in [6, 6.07) is 15.2. The van der Waals surface area contributed by atoms with Crippen molar-refractivity contribution in [3.63, 3.8) is 0 Å². The van der Waals surface area contributed by atoms with Gasteiger partial charge in [0.2, 0.25) is 5.91 Å². The van der Waals surface area contributed by atoms with Crippen LogP contribution in [0, 0.1) is 0 Å². The Morgan fingerprint density at radius 3 is 2.46 bits per heavy atom. The van der Waals surface area contributed by atoms with Gasteiger partial charge in [-0.1, -0.05) is 40.2 Å². The maximum atomic E-state index is 13.1. The van der Waals surface area contributed by atoms with Crippen LogP contribution < -0.4 is 0 Å². The van der Waals surface area contributed by atoms with E-state index in [0.717, 1.165) is 20.5 Å². The summed E-state index contributed by atoms with van der Waals surface area (Å²) < 4.78 is 5.95. The largest absolute Gasteiger partial charge is 0.467 e. The first-order chi connectivity index (χ1) is 12.5. The van der Waals surface area contributed by atoms with Crippen molar-refractivity contribution in [1.82, 2.24) is 4.90 Å². The SMILES string of the molecule is COC(=O)C1Cc2ccccc2CN1C(=O)C(C)Sc1ccc(Br)cc1. The average molecular weight is 434 g/mol. The summed E-state index contributed by atoms with van der Waals surface area (Å²) in [6.07, 6.45) is 0.490. The van der Waals surface area contributed by atoms with Crippen molar-refractivity contribution in [2.24, 2.45) is 0 Å². The fourth-order valence-electron chi connectivity index (χ4n) is 3.10. The summed E-state index contributed by atoms with van der Waals surface area (Å²) in [7, 11) is 1.37. The number of esters is 1. The van der Waals surface area contributed by atoms with Crippen LogP contribution in [0.5, 0.6) is 0 Å². The van der Waals surface area contributed by atoms with Gasteiger partial charge in [0.25, 0.3) is 0 Å². The van der Waals surface area contributed by atoms with Gasteiger partial charge in [0, 0.05) is 22.3 Å². The second kappa shape index (κ2) is 8.27. The zero-order valence-electron chi connectivity index (χ0n) is 14.6. The molecule has 0 fully saturated rings. The summed E-state index contributed by atoms with van der Waals surface area (Å²) in [5.74, 6) is -0.420. The van der Waals surface area contributed by atoms with Gasteiger partial charge in [-0.05, 0) is 42.3 Å². The van der Waals surface area contributed by atoms with E-state index < -0.39 is 6.04 Å². The summed E-state index contributed by atoms with van der Waals surface area (Å²) in [5, 5.41) is -0.298. The van der Waals surface area contributed by atoms with Crippen LogP contribution in [0.15, 0.2) is 57.9 Å². The number of benzene rings is 2. The molecule has 2 aromatic rings. The van der Waals surface area contributed by atoms with Gasteiger partial charge in [-0.3, -0.25) is 4.79 Å². The Morgan fingerprint density at radius 2 is 1.81 bits per heavy atom. The first kappa shape index (κ1) is 19.0. The molecule has 26 heavy (non-hydrogen) atoms. The molecule has 136 valence electrons. The van der Waals surface area contributed by atoms with E-state index >= 15 is 0 Å². The van der Waals surface area contributed by atoms with Gasteiger partial charge in [-0.2, -0.15) is 0 Å². The van der Waals surface area contributed by atoms with E-state index in [4.69, 9.17) is 4.74 Å². The van der Waals surface area contributed by atoms with Crippen LogP contribution >= 0.6 is 27.7 Å². The van der Waals surface area contributed by atoms with Gasteiger partial charge in [-0.25, -0.2) is 4.79 Å². The van der Waals surface area contributed by atoms with E-state index in [2.05, 4.69) is 15.9 Å². The predicted molar refractivity (Wildman–Crippen MR) is 106 cm³/mol. The lowest BCUT2D eigenvalue weighted by molar-refractivity contribution is -0.153. The Kier molecular flexibility index (Phi) is 6.04. The number of hydrogen-bond donors (Lipinski definition) is 0. The standard InChI is InChI=1S/C20H20BrNO3S/c1-13(26-17-9-7-16(21)8-10-17)19(23)22-12-15-6-4-3-5-14(15)11-18(22)20(24)25-2/h3-10,13,18H,11-12H2,1-2H3. The predicted octanol–water partition coefficient (Wildman–Crippen LogP) is 4.06. The fourth-order valence-corrected chi connectivity index (χ4v) is 4.30. The quantitative estimate of drug-likeness (QED) is 0.538. The number of carbonyl (C=O) groups is 2. The highest BCUT2D eigenvalue weighted by molar-refractivity contribution is 9.10. The van der Waals surface area contributed by atoms with Crippen molar-refractivity contribution in [2.75, 3.05) is 7.11 Å². The van der Waals surface area contributed by atoms with Gasteiger partial charge in [0.05, 0.1) is 12.4 Å². The Labute approximate surface area is 166 Å². The van der Waals surface area contributed by atoms with E-state index in [1.54, 1.807) is 4.90 Å². The van der Waals surface area contributed by atoms with E-state index in [1.165, 1.54) is 18.9 Å². The summed E-state index contributed by atoms with van der Waals surface area (Å²) in [4.78, 5) is 28.1. The molecule has 2 atom stereocenters. The Morgan fingerprint density at radius 1 is 1.15 bits per heavy atom. The minimum absolute atomic E-state index is 0.0529. The average Bonchev–Trinajstić information content (AvgIpc) is 2.67. The normalized spacial score (nSPS) is 17.3. The molecule has 0 radical (unpaired) electrons. The van der Waals surface area contributed by atoms with Crippen LogP contribution in [0.1, 0.15) is 18.1 Å². The molecule has 1 aliphatic rings. The molecule has 1 heterocycles. The van der Waals surface area contributed by atoms with Crippen molar-refractivity contribution in [3.05, 3.63) is 64.1 Å². The van der Waals surface area contributed by atoms with Gasteiger partial charge in [0.15, 0.2) is 0 Å². The zero-order valence-corrected chi connectivity index (χ0v) is 17.0. The number of ether oxygens (including phenoxy) is 1. The molecular weight excluding hydrogens is 414 g/mol. The fraction of sp³-hybridized carbons (Fsp3) is 0.300. The van der Waals surface area contributed by atoms with E-state index in [1.807, 2.05) is 55.5 Å². The Balaban J connectivity index is 1.80. The van der Waals surface area contributed by atoms with E-state index in [0.29, 0.717) is 13.0 Å². The molecule has 0 saturated heterocycles. The van der Waals surface area contributed by atoms with E-state index in [9.17, 15) is 9.59 Å². The molecule has 2 aromatic carbocycles. The topological polar surface area (TPSA) is 46.6 Å². The highest BCUT2D eigenvalue weighted by atomic mass is 79.9. The molecule has 3 rings (SSSR count). The number of methoxy groups -OCH3 is 1. The molecule has 2 unspecified atom stereocenters. The van der Waals surface area contributed by atoms with Crippen molar-refractivity contribution in [1.29, 1.82) is 0 Å². The number of halogens is 1. The van der Waals surface area contributed by atoms with Crippen LogP contribution in [0.25, 0.3) is 0 Å². The van der Waals surface area contributed by atoms with Gasteiger partial charge in [-0.15, -0.1) is 11.8 Å². The molecule has 0 N–H and O–H groups in total. The summed E-state index contributed by atoms with van der Waals surface area (Å²) in [6.45, 7) is 2.31. The molecule has 0 bridgehead atoms. The van der Waals surface area contributed by atoms with Gasteiger partial charge in [0.1, 0.15) is 6.04 Å². The highest BCUT2D eigenvalue weighted by Gasteiger charge is 2.37. The number of amides is 1. The zero-order chi connectivity index (χ0) is 18.7. The van der Waals surface area contributed by atoms with Crippen LogP contribution in [0.4, 0.5) is 0 Å². The molecule has 4 nitrogen and oxygen atoms in total. The number of carbonyl (C=O) groups excluding carboxylic acids is 2. The van der Waals surface area contributed by atoms with Crippen molar-refractivity contribution >= 4 is 39.6 Å². The van der Waals surface area contributed by atoms with Gasteiger partial charge < -0.3 is 9.64 Å². The molecule has 1 aliphatic heterocycles. The minimum Gasteiger partial charge on any atom is -0.467 e. The van der Waals surface area contributed by atoms with Crippen LogP contribution in [-0.4, -0.2) is 35.2 Å². The van der Waals surface area contributed by atoms with Gasteiger partial charge >= 0.3 is 5.97 Å². The minimum atomic E-state index is -0.574. The molecule has 0 spiro atoms. The van der Waals surface area contributed by atoms with Crippen LogP contribution in [0.3, 0.4) is 0 Å². The lowest BCUT2D eigenvalue weighted by Gasteiger charge is -2.36. The monoisotopic (exact) mass is 433 g/mol. The first-order valence-corrected chi connectivity index (χ1v) is 10.0. The van der Waals surface area contributed by atoms with Crippen LogP contribution in [0.2, 0.25) is 0 Å². The van der Waals surface area contributed by atoms with E-state index in [-0.39, 0.29) is 17.1 Å². The lowest BCUT2D eigenvalue weighted by atomic mass is 9.93. The molecule has 6 heteroatoms. The first-order valence-electron chi connectivity index (χ1n) is 8.37. The van der Waals surface area contributed by atoms with Crippen molar-refractivity contribution < 1.29 is 14.3 Å². The molecule has 0 saturated carbocycles. The Hall–Kier alpha value is -1.79. The maximum Gasteiger partial charge on any atom is 0.328 e. The lowest BCUT2D eigenvalue weighted by Crippen LogP contribution is -2.51. The number of hydrogen-bond acceptors (Lipinski definition) is 4. The Bertz CT molecular complexity index is 809. The number of thioether (sulfide) groups is 1. The van der Waals surface area contributed by atoms with Crippen molar-refractivity contribution in [2.45, 2.75) is 36.1 Å². The molecule has 0 aliphatic carbocycles. The second-order valence-electron chi connectivity index (χ2n) is 6.19. The number of nitrogens with zero attached hydrogens (tertiary/aromatic N) is 1. The highest BCUT2D eigenvalue weighted by Crippen LogP contribution is 2.30. The maximum absolute atomic E-state index is 13.1. The summed E-state index contributed by atoms with van der Waals surface area (Å²) in [5.41, 5.74) is 2.18. The third-order valence-corrected chi connectivity index (χ3v) is 6.11. The third kappa shape index (κ3) is 4.13. The number of rotatable bonds is 4. The number of fused-ring (bicyclic) bond motifs is 1. The van der Waals surface area contributed by atoms with Crippen LogP contribution in [-0.2, 0) is 27.3 Å². The second-order valence-corrected chi connectivity index (χ2v) is 8.52. The molecular formula is C20H20BrNO3S. The van der Waals surface area contributed by atoms with Crippen molar-refractivity contribution in [3.8, 4) is 0 Å². The third-order valence-electron chi connectivity index (χ3n) is 4.48. The molecule has 0 aromatic heterocycles. The summed E-state index contributed by atoms with van der Waals surface area (Å²) >= 11 is 4.91.